The molecule has 1 saturated carbocycles. The topological polar surface area (TPSA) is 83.0 Å². The van der Waals surface area contributed by atoms with E-state index in [-0.39, 0.29) is 11.8 Å². The van der Waals surface area contributed by atoms with Gasteiger partial charge in [-0.2, -0.15) is 0 Å². The molecule has 0 atom stereocenters. The quantitative estimate of drug-likeness (QED) is 0.471. The molecular formula is C21H34N4O3S. The lowest BCUT2D eigenvalue weighted by Crippen LogP contribution is -2.49. The molecule has 2 fully saturated rings. The molecule has 1 saturated heterocycles. The van der Waals surface area contributed by atoms with E-state index in [0.717, 1.165) is 42.6 Å². The lowest BCUT2D eigenvalue weighted by molar-refractivity contribution is 0.296. The first-order chi connectivity index (χ1) is 14.0. The summed E-state index contributed by atoms with van der Waals surface area (Å²) in [5.41, 5.74) is 1.11. The van der Waals surface area contributed by atoms with E-state index < -0.39 is 10.0 Å². The van der Waals surface area contributed by atoms with Gasteiger partial charge in [-0.1, -0.05) is 25.1 Å². The largest absolute Gasteiger partial charge is 0.493 e. The van der Waals surface area contributed by atoms with Gasteiger partial charge < -0.3 is 15.4 Å². The summed E-state index contributed by atoms with van der Waals surface area (Å²) in [5, 5.41) is 6.80. The fourth-order valence-electron chi connectivity index (χ4n) is 3.52. The summed E-state index contributed by atoms with van der Waals surface area (Å²) in [6, 6.07) is 8.32. The van der Waals surface area contributed by atoms with Crippen LogP contribution in [0.2, 0.25) is 0 Å². The number of para-hydroxylation sites is 1. The number of nitrogens with one attached hydrogen (secondary N) is 2. The Labute approximate surface area is 175 Å². The Kier molecular flexibility index (Phi) is 7.77. The van der Waals surface area contributed by atoms with Crippen LogP contribution in [0.15, 0.2) is 29.3 Å². The molecule has 1 aliphatic heterocycles. The SMILES string of the molecule is CCCS(=O)(=O)N1CCC(NC(=NC)NCc2ccccc2OCC2CC2)CC1. The molecule has 0 aromatic heterocycles. The monoisotopic (exact) mass is 422 g/mol. The second-order valence-corrected chi connectivity index (χ2v) is 10.0. The normalized spacial score (nSPS) is 19.2. The van der Waals surface area contributed by atoms with Gasteiger partial charge >= 0.3 is 0 Å². The molecule has 0 amide bonds. The second kappa shape index (κ2) is 10.3. The minimum absolute atomic E-state index is 0.218. The summed E-state index contributed by atoms with van der Waals surface area (Å²) in [4.78, 5) is 4.33. The minimum Gasteiger partial charge on any atom is -0.493 e. The molecule has 1 heterocycles. The van der Waals surface area contributed by atoms with Gasteiger partial charge in [-0.05, 0) is 44.1 Å². The summed E-state index contributed by atoms with van der Waals surface area (Å²) in [6.45, 7) is 4.45. The third-order valence-corrected chi connectivity index (χ3v) is 7.54. The Morgan fingerprint density at radius 2 is 1.93 bits per heavy atom. The highest BCUT2D eigenvalue weighted by Crippen LogP contribution is 2.30. The number of sulfonamides is 1. The van der Waals surface area contributed by atoms with Gasteiger partial charge in [0.15, 0.2) is 5.96 Å². The fourth-order valence-corrected chi connectivity index (χ4v) is 5.06. The lowest BCUT2D eigenvalue weighted by atomic mass is 10.1. The number of guanidine groups is 1. The molecule has 1 aliphatic carbocycles. The molecule has 2 N–H and O–H groups in total. The van der Waals surface area contributed by atoms with E-state index in [9.17, 15) is 8.42 Å². The van der Waals surface area contributed by atoms with Gasteiger partial charge in [0.2, 0.25) is 10.0 Å². The first kappa shape index (κ1) is 21.9. The zero-order valence-electron chi connectivity index (χ0n) is 17.6. The predicted molar refractivity (Wildman–Crippen MR) is 117 cm³/mol. The molecule has 1 aromatic rings. The number of benzene rings is 1. The summed E-state index contributed by atoms with van der Waals surface area (Å²) in [6.07, 6.45) is 4.77. The predicted octanol–water partition coefficient (Wildman–Crippen LogP) is 2.34. The van der Waals surface area contributed by atoms with Crippen LogP contribution in [0.1, 0.15) is 44.6 Å². The highest BCUT2D eigenvalue weighted by Gasteiger charge is 2.27. The number of aliphatic imine (C=N–C) groups is 1. The summed E-state index contributed by atoms with van der Waals surface area (Å²) >= 11 is 0. The molecule has 0 spiro atoms. The molecule has 2 aliphatic rings. The van der Waals surface area contributed by atoms with Crippen molar-refractivity contribution in [3.63, 3.8) is 0 Å². The van der Waals surface area contributed by atoms with Gasteiger partial charge in [0.05, 0.1) is 12.4 Å². The van der Waals surface area contributed by atoms with E-state index >= 15 is 0 Å². The smallest absolute Gasteiger partial charge is 0.214 e. The number of hydrogen-bond donors (Lipinski definition) is 2. The van der Waals surface area contributed by atoms with E-state index in [1.54, 1.807) is 11.4 Å². The zero-order valence-corrected chi connectivity index (χ0v) is 18.4. The maximum atomic E-state index is 12.2. The van der Waals surface area contributed by atoms with Crippen molar-refractivity contribution in [2.75, 3.05) is 32.5 Å². The maximum Gasteiger partial charge on any atom is 0.214 e. The van der Waals surface area contributed by atoms with Crippen LogP contribution in [0.25, 0.3) is 0 Å². The molecule has 162 valence electrons. The Bertz CT molecular complexity index is 785. The molecule has 29 heavy (non-hydrogen) atoms. The average molecular weight is 423 g/mol. The fraction of sp³-hybridized carbons (Fsp3) is 0.667. The van der Waals surface area contributed by atoms with Crippen molar-refractivity contribution in [3.05, 3.63) is 29.8 Å². The van der Waals surface area contributed by atoms with E-state index in [2.05, 4.69) is 21.7 Å². The van der Waals surface area contributed by atoms with Gasteiger partial charge in [0.25, 0.3) is 0 Å². The minimum atomic E-state index is -3.10. The van der Waals surface area contributed by atoms with Crippen LogP contribution < -0.4 is 15.4 Å². The second-order valence-electron chi connectivity index (χ2n) is 7.92. The molecule has 0 unspecified atom stereocenters. The summed E-state index contributed by atoms with van der Waals surface area (Å²) in [7, 11) is -1.35. The number of nitrogens with zero attached hydrogens (tertiary/aromatic N) is 2. The number of hydrogen-bond acceptors (Lipinski definition) is 4. The highest BCUT2D eigenvalue weighted by molar-refractivity contribution is 7.89. The van der Waals surface area contributed by atoms with Crippen LogP contribution in [0, 0.1) is 5.92 Å². The van der Waals surface area contributed by atoms with Crippen LogP contribution >= 0.6 is 0 Å². The first-order valence-corrected chi connectivity index (χ1v) is 12.3. The Morgan fingerprint density at radius 1 is 1.21 bits per heavy atom. The summed E-state index contributed by atoms with van der Waals surface area (Å²) in [5.74, 6) is 2.61. The van der Waals surface area contributed by atoms with Crippen molar-refractivity contribution >= 4 is 16.0 Å². The molecule has 0 radical (unpaired) electrons. The Hall–Kier alpha value is -1.80. The van der Waals surface area contributed by atoms with E-state index in [1.165, 1.54) is 12.8 Å². The third kappa shape index (κ3) is 6.60. The number of rotatable bonds is 9. The van der Waals surface area contributed by atoms with Crippen molar-refractivity contribution in [3.8, 4) is 5.75 Å². The highest BCUT2D eigenvalue weighted by atomic mass is 32.2. The van der Waals surface area contributed by atoms with Gasteiger partial charge in [0.1, 0.15) is 5.75 Å². The number of piperidine rings is 1. The van der Waals surface area contributed by atoms with Crippen molar-refractivity contribution in [1.29, 1.82) is 0 Å². The average Bonchev–Trinajstić information content (AvgIpc) is 3.55. The van der Waals surface area contributed by atoms with Crippen LogP contribution in [0.3, 0.4) is 0 Å². The molecule has 0 bridgehead atoms. The molecular weight excluding hydrogens is 388 g/mol. The van der Waals surface area contributed by atoms with Crippen molar-refractivity contribution in [2.24, 2.45) is 10.9 Å². The number of ether oxygens (including phenoxy) is 1. The molecule has 3 rings (SSSR count). The standard InChI is InChI=1S/C21H34N4O3S/c1-3-14-29(26,27)25-12-10-19(11-13-25)24-21(22-2)23-15-18-6-4-5-7-20(18)28-16-17-8-9-17/h4-7,17,19H,3,8-16H2,1-2H3,(H2,22,23,24). The molecule has 8 heteroatoms. The van der Waals surface area contributed by atoms with Crippen molar-refractivity contribution < 1.29 is 13.2 Å². The molecule has 1 aromatic carbocycles. The van der Waals surface area contributed by atoms with E-state index in [1.807, 2.05) is 25.1 Å². The van der Waals surface area contributed by atoms with E-state index in [0.29, 0.717) is 26.1 Å². The Balaban J connectivity index is 1.47. The van der Waals surface area contributed by atoms with Gasteiger partial charge in [-0.3, -0.25) is 4.99 Å². The molecule has 7 nitrogen and oxygen atoms in total. The third-order valence-electron chi connectivity index (χ3n) is 5.46. The van der Waals surface area contributed by atoms with Crippen molar-refractivity contribution in [2.45, 2.75) is 51.6 Å². The maximum absolute atomic E-state index is 12.2. The van der Waals surface area contributed by atoms with Gasteiger partial charge in [-0.15, -0.1) is 0 Å². The summed E-state index contributed by atoms with van der Waals surface area (Å²) < 4.78 is 32.0. The van der Waals surface area contributed by atoms with E-state index in [4.69, 9.17) is 4.74 Å². The van der Waals surface area contributed by atoms with Gasteiger partial charge in [-0.25, -0.2) is 12.7 Å². The first-order valence-electron chi connectivity index (χ1n) is 10.7. The van der Waals surface area contributed by atoms with Crippen molar-refractivity contribution in [1.82, 2.24) is 14.9 Å². The zero-order chi connectivity index (χ0) is 20.7. The van der Waals surface area contributed by atoms with Crippen LogP contribution in [0.4, 0.5) is 0 Å². The lowest BCUT2D eigenvalue weighted by Gasteiger charge is -2.32. The van der Waals surface area contributed by atoms with Crippen LogP contribution in [0.5, 0.6) is 5.75 Å². The Morgan fingerprint density at radius 3 is 2.59 bits per heavy atom. The van der Waals surface area contributed by atoms with Crippen LogP contribution in [-0.4, -0.2) is 57.2 Å². The van der Waals surface area contributed by atoms with Gasteiger partial charge in [0, 0.05) is 38.3 Å². The van der Waals surface area contributed by atoms with Crippen LogP contribution in [-0.2, 0) is 16.6 Å².